The Morgan fingerprint density at radius 3 is 2.14 bits per heavy atom. The van der Waals surface area contributed by atoms with E-state index in [9.17, 15) is 4.39 Å². The van der Waals surface area contributed by atoms with E-state index in [4.69, 9.17) is 4.74 Å². The predicted molar refractivity (Wildman–Crippen MR) is 59.8 cm³/mol. The van der Waals surface area contributed by atoms with Crippen molar-refractivity contribution in [2.24, 2.45) is 0 Å². The van der Waals surface area contributed by atoms with Crippen molar-refractivity contribution in [3.63, 3.8) is 0 Å². The molecule has 0 N–H and O–H groups in total. The topological polar surface area (TPSA) is 9.23 Å². The molecule has 0 radical (unpaired) electrons. The number of hydrogen-bond donors (Lipinski definition) is 0. The largest absolute Gasteiger partial charge is 0.380 e. The lowest BCUT2D eigenvalue weighted by molar-refractivity contribution is 0.184. The summed E-state index contributed by atoms with van der Waals surface area (Å²) in [5, 5.41) is 0. The Kier molecular flexibility index (Phi) is 13.5. The van der Waals surface area contributed by atoms with Crippen molar-refractivity contribution in [1.82, 2.24) is 0 Å². The van der Waals surface area contributed by atoms with Crippen LogP contribution in [0.3, 0.4) is 0 Å². The summed E-state index contributed by atoms with van der Waals surface area (Å²) >= 11 is 0. The zero-order chi connectivity index (χ0) is 11.4. The fourth-order valence-corrected chi connectivity index (χ4v) is 0.793. The third-order valence-corrected chi connectivity index (χ3v) is 1.20. The highest BCUT2D eigenvalue weighted by Gasteiger charge is 1.91. The molecule has 0 bridgehead atoms. The van der Waals surface area contributed by atoms with E-state index in [2.05, 4.69) is 0 Å². The molecule has 0 heterocycles. The Balaban J connectivity index is 0. The normalized spacial score (nSPS) is 7.86. The molecular formula is C12H21FO. The van der Waals surface area contributed by atoms with Crippen molar-refractivity contribution in [2.75, 3.05) is 7.11 Å². The summed E-state index contributed by atoms with van der Waals surface area (Å²) in [6.45, 7) is 8.47. The Labute approximate surface area is 86.9 Å². The first kappa shape index (κ1) is 15.6. The fraction of sp³-hybridized carbons (Fsp3) is 0.500. The molecule has 1 rings (SSSR count). The highest BCUT2D eigenvalue weighted by Crippen LogP contribution is 2.03. The summed E-state index contributed by atoms with van der Waals surface area (Å²) in [4.78, 5) is 0. The van der Waals surface area contributed by atoms with Crippen LogP contribution in [0.4, 0.5) is 4.39 Å². The van der Waals surface area contributed by atoms with E-state index >= 15 is 0 Å². The summed E-state index contributed by atoms with van der Waals surface area (Å²) in [5.74, 6) is -0.213. The van der Waals surface area contributed by atoms with Crippen LogP contribution in [-0.4, -0.2) is 7.11 Å². The number of ether oxygens (including phenoxy) is 1. The van der Waals surface area contributed by atoms with Crippen LogP contribution < -0.4 is 0 Å². The molecule has 1 aromatic rings. The van der Waals surface area contributed by atoms with Crippen LogP contribution in [0.1, 0.15) is 33.3 Å². The average molecular weight is 200 g/mol. The number of halogens is 1. The van der Waals surface area contributed by atoms with Gasteiger partial charge in [-0.05, 0) is 17.7 Å². The van der Waals surface area contributed by atoms with Gasteiger partial charge in [-0.25, -0.2) is 4.39 Å². The van der Waals surface area contributed by atoms with Gasteiger partial charge in [-0.3, -0.25) is 0 Å². The average Bonchev–Trinajstić information content (AvgIpc) is 2.24. The van der Waals surface area contributed by atoms with E-state index in [1.165, 1.54) is 12.1 Å². The number of benzene rings is 1. The Morgan fingerprint density at radius 2 is 1.71 bits per heavy atom. The number of rotatable bonds is 2. The van der Waals surface area contributed by atoms with Crippen molar-refractivity contribution in [3.05, 3.63) is 35.6 Å². The number of hydrogen-bond acceptors (Lipinski definition) is 1. The Morgan fingerprint density at radius 1 is 1.14 bits per heavy atom. The standard InChI is InChI=1S/C8H9FO.2C2H6/c1-10-6-7-3-2-4-8(9)5-7;2*1-2/h2-5H,6H2,1H3;2*1-2H3. The van der Waals surface area contributed by atoms with Gasteiger partial charge in [-0.15, -0.1) is 0 Å². The van der Waals surface area contributed by atoms with Crippen LogP contribution in [0.5, 0.6) is 0 Å². The van der Waals surface area contributed by atoms with Gasteiger partial charge in [0.25, 0.3) is 0 Å². The predicted octanol–water partition coefficient (Wildman–Crippen LogP) is 4.02. The molecule has 0 aliphatic rings. The van der Waals surface area contributed by atoms with E-state index in [-0.39, 0.29) is 5.82 Å². The van der Waals surface area contributed by atoms with Gasteiger partial charge in [-0.1, -0.05) is 39.8 Å². The van der Waals surface area contributed by atoms with Crippen LogP contribution in [-0.2, 0) is 11.3 Å². The van der Waals surface area contributed by atoms with Gasteiger partial charge in [0.05, 0.1) is 6.61 Å². The maximum absolute atomic E-state index is 12.4. The second-order valence-corrected chi connectivity index (χ2v) is 2.06. The minimum absolute atomic E-state index is 0.213. The third-order valence-electron chi connectivity index (χ3n) is 1.20. The first-order valence-electron chi connectivity index (χ1n) is 5.06. The van der Waals surface area contributed by atoms with Crippen molar-refractivity contribution in [2.45, 2.75) is 34.3 Å². The molecule has 0 aliphatic carbocycles. The van der Waals surface area contributed by atoms with Gasteiger partial charge in [0.2, 0.25) is 0 Å². The summed E-state index contributed by atoms with van der Waals surface area (Å²) in [7, 11) is 1.59. The second kappa shape index (κ2) is 12.1. The van der Waals surface area contributed by atoms with Crippen LogP contribution in [0.25, 0.3) is 0 Å². The van der Waals surface area contributed by atoms with Crippen LogP contribution in [0, 0.1) is 5.82 Å². The molecule has 0 atom stereocenters. The molecule has 0 aliphatic heterocycles. The maximum Gasteiger partial charge on any atom is 0.123 e. The van der Waals surface area contributed by atoms with Gasteiger partial charge >= 0.3 is 0 Å². The zero-order valence-corrected chi connectivity index (χ0v) is 9.80. The van der Waals surface area contributed by atoms with Crippen molar-refractivity contribution >= 4 is 0 Å². The molecule has 0 spiro atoms. The smallest absolute Gasteiger partial charge is 0.123 e. The first-order valence-corrected chi connectivity index (χ1v) is 5.06. The molecule has 82 valence electrons. The van der Waals surface area contributed by atoms with E-state index in [0.29, 0.717) is 6.61 Å². The molecule has 0 fully saturated rings. The van der Waals surface area contributed by atoms with Gasteiger partial charge in [-0.2, -0.15) is 0 Å². The van der Waals surface area contributed by atoms with E-state index in [1.54, 1.807) is 13.2 Å². The van der Waals surface area contributed by atoms with Crippen LogP contribution >= 0.6 is 0 Å². The van der Waals surface area contributed by atoms with Gasteiger partial charge in [0.15, 0.2) is 0 Å². The molecule has 0 amide bonds. The molecule has 0 unspecified atom stereocenters. The first-order chi connectivity index (χ1) is 6.83. The molecule has 0 saturated carbocycles. The van der Waals surface area contributed by atoms with E-state index in [1.807, 2.05) is 33.8 Å². The Hall–Kier alpha value is -0.890. The van der Waals surface area contributed by atoms with Crippen LogP contribution in [0.2, 0.25) is 0 Å². The molecule has 0 aromatic heterocycles. The zero-order valence-electron chi connectivity index (χ0n) is 9.80. The molecule has 2 heteroatoms. The maximum atomic E-state index is 12.4. The lowest BCUT2D eigenvalue weighted by Crippen LogP contribution is -1.86. The third kappa shape index (κ3) is 7.74. The van der Waals surface area contributed by atoms with Crippen LogP contribution in [0.15, 0.2) is 24.3 Å². The van der Waals surface area contributed by atoms with Gasteiger partial charge in [0, 0.05) is 7.11 Å². The van der Waals surface area contributed by atoms with Gasteiger partial charge in [0.1, 0.15) is 5.82 Å². The second-order valence-electron chi connectivity index (χ2n) is 2.06. The molecular weight excluding hydrogens is 179 g/mol. The Bertz CT molecular complexity index is 211. The van der Waals surface area contributed by atoms with Gasteiger partial charge < -0.3 is 4.74 Å². The highest BCUT2D eigenvalue weighted by atomic mass is 19.1. The summed E-state index contributed by atoms with van der Waals surface area (Å²) in [6.07, 6.45) is 0. The monoisotopic (exact) mass is 200 g/mol. The lowest BCUT2D eigenvalue weighted by atomic mass is 10.2. The van der Waals surface area contributed by atoms with Crippen molar-refractivity contribution in [3.8, 4) is 0 Å². The lowest BCUT2D eigenvalue weighted by Gasteiger charge is -1.97. The minimum Gasteiger partial charge on any atom is -0.380 e. The summed E-state index contributed by atoms with van der Waals surface area (Å²) in [6, 6.07) is 6.37. The minimum atomic E-state index is -0.213. The molecule has 0 saturated heterocycles. The molecule has 1 aromatic carbocycles. The van der Waals surface area contributed by atoms with Crippen molar-refractivity contribution < 1.29 is 9.13 Å². The van der Waals surface area contributed by atoms with E-state index in [0.717, 1.165) is 5.56 Å². The fourth-order valence-electron chi connectivity index (χ4n) is 0.793. The van der Waals surface area contributed by atoms with E-state index < -0.39 is 0 Å². The molecule has 1 nitrogen and oxygen atoms in total. The SMILES string of the molecule is CC.CC.COCc1cccc(F)c1. The quantitative estimate of drug-likeness (QED) is 0.700. The highest BCUT2D eigenvalue weighted by molar-refractivity contribution is 5.15. The number of methoxy groups -OCH3 is 1. The summed E-state index contributed by atoms with van der Waals surface area (Å²) in [5.41, 5.74) is 0.863. The molecule has 14 heavy (non-hydrogen) atoms. The van der Waals surface area contributed by atoms with Crippen molar-refractivity contribution in [1.29, 1.82) is 0 Å². The summed E-state index contributed by atoms with van der Waals surface area (Å²) < 4.78 is 17.3.